The fourth-order valence-electron chi connectivity index (χ4n) is 3.08. The second kappa shape index (κ2) is 7.86. The Kier molecular flexibility index (Phi) is 5.59. The Bertz CT molecular complexity index is 526. The molecule has 1 amide bonds. The van der Waals surface area contributed by atoms with Crippen LogP contribution in [0.1, 0.15) is 5.56 Å². The SMILES string of the molecule is O=C(CN1CCN(Cc2ccccc2F)CC1)N1CCOCC1. The summed E-state index contributed by atoms with van der Waals surface area (Å²) in [6.45, 7) is 7.23. The summed E-state index contributed by atoms with van der Waals surface area (Å²) < 4.78 is 19.0. The van der Waals surface area contributed by atoms with Crippen LogP contribution in [0.25, 0.3) is 0 Å². The number of carbonyl (C=O) groups is 1. The van der Waals surface area contributed by atoms with Gasteiger partial charge in [0.2, 0.25) is 5.91 Å². The van der Waals surface area contributed by atoms with E-state index in [1.54, 1.807) is 6.07 Å². The minimum atomic E-state index is -0.141. The molecule has 5 nitrogen and oxygen atoms in total. The first-order chi connectivity index (χ1) is 11.2. The molecule has 0 bridgehead atoms. The van der Waals surface area contributed by atoms with Crippen molar-refractivity contribution in [1.29, 1.82) is 0 Å². The lowest BCUT2D eigenvalue weighted by Gasteiger charge is -2.36. The minimum absolute atomic E-state index is 0.141. The molecule has 0 N–H and O–H groups in total. The third-order valence-corrected chi connectivity index (χ3v) is 4.54. The smallest absolute Gasteiger partial charge is 0.236 e. The molecule has 2 aliphatic rings. The van der Waals surface area contributed by atoms with Crippen LogP contribution in [0.5, 0.6) is 0 Å². The zero-order valence-corrected chi connectivity index (χ0v) is 13.4. The summed E-state index contributed by atoms with van der Waals surface area (Å²) in [5, 5.41) is 0. The average molecular weight is 321 g/mol. The molecule has 1 aromatic carbocycles. The van der Waals surface area contributed by atoms with Gasteiger partial charge < -0.3 is 9.64 Å². The third kappa shape index (κ3) is 4.50. The van der Waals surface area contributed by atoms with E-state index < -0.39 is 0 Å². The van der Waals surface area contributed by atoms with Crippen molar-refractivity contribution in [2.45, 2.75) is 6.54 Å². The van der Waals surface area contributed by atoms with Gasteiger partial charge in [0.15, 0.2) is 0 Å². The molecule has 23 heavy (non-hydrogen) atoms. The lowest BCUT2D eigenvalue weighted by atomic mass is 10.2. The van der Waals surface area contributed by atoms with Gasteiger partial charge in [-0.3, -0.25) is 14.6 Å². The molecule has 0 atom stereocenters. The van der Waals surface area contributed by atoms with Crippen molar-refractivity contribution in [2.75, 3.05) is 59.0 Å². The van der Waals surface area contributed by atoms with Gasteiger partial charge in [-0.15, -0.1) is 0 Å². The van der Waals surface area contributed by atoms with Crippen molar-refractivity contribution in [2.24, 2.45) is 0 Å². The molecular formula is C17H24FN3O2. The quantitative estimate of drug-likeness (QED) is 0.822. The number of hydrogen-bond acceptors (Lipinski definition) is 4. The highest BCUT2D eigenvalue weighted by Crippen LogP contribution is 2.12. The maximum absolute atomic E-state index is 13.7. The fourth-order valence-corrected chi connectivity index (χ4v) is 3.08. The van der Waals surface area contributed by atoms with Crippen LogP contribution in [0.4, 0.5) is 4.39 Å². The topological polar surface area (TPSA) is 36.0 Å². The van der Waals surface area contributed by atoms with Crippen molar-refractivity contribution in [3.05, 3.63) is 35.6 Å². The summed E-state index contributed by atoms with van der Waals surface area (Å²) in [5.74, 6) is 0.0493. The van der Waals surface area contributed by atoms with Gasteiger partial charge in [-0.25, -0.2) is 4.39 Å². The number of morpholine rings is 1. The number of rotatable bonds is 4. The van der Waals surface area contributed by atoms with Crippen LogP contribution in [0.2, 0.25) is 0 Å². The molecule has 2 saturated heterocycles. The van der Waals surface area contributed by atoms with E-state index in [1.165, 1.54) is 6.07 Å². The predicted octanol–water partition coefficient (Wildman–Crippen LogP) is 0.802. The van der Waals surface area contributed by atoms with Gasteiger partial charge in [-0.2, -0.15) is 0 Å². The normalized spacial score (nSPS) is 20.7. The van der Waals surface area contributed by atoms with Crippen LogP contribution in [0.3, 0.4) is 0 Å². The van der Waals surface area contributed by atoms with Gasteiger partial charge in [0.25, 0.3) is 0 Å². The van der Waals surface area contributed by atoms with E-state index >= 15 is 0 Å². The zero-order chi connectivity index (χ0) is 16.1. The van der Waals surface area contributed by atoms with Crippen molar-refractivity contribution in [3.8, 4) is 0 Å². The second-order valence-corrected chi connectivity index (χ2v) is 6.14. The summed E-state index contributed by atoms with van der Waals surface area (Å²) in [6, 6.07) is 6.93. The predicted molar refractivity (Wildman–Crippen MR) is 85.5 cm³/mol. The number of hydrogen-bond donors (Lipinski definition) is 0. The molecule has 0 aliphatic carbocycles. The Labute approximate surface area is 136 Å². The van der Waals surface area contributed by atoms with Gasteiger partial charge in [0, 0.05) is 51.4 Å². The molecule has 1 aromatic rings. The average Bonchev–Trinajstić information content (AvgIpc) is 2.59. The number of halogens is 1. The maximum Gasteiger partial charge on any atom is 0.236 e. The highest BCUT2D eigenvalue weighted by molar-refractivity contribution is 5.78. The number of ether oxygens (including phenoxy) is 1. The van der Waals surface area contributed by atoms with Gasteiger partial charge in [0.1, 0.15) is 5.82 Å². The molecule has 0 saturated carbocycles. The molecule has 0 radical (unpaired) electrons. The van der Waals surface area contributed by atoms with E-state index in [0.717, 1.165) is 31.7 Å². The van der Waals surface area contributed by atoms with E-state index in [0.29, 0.717) is 39.4 Å². The maximum atomic E-state index is 13.7. The Morgan fingerprint density at radius 1 is 1.00 bits per heavy atom. The molecule has 0 spiro atoms. The molecule has 2 aliphatic heterocycles. The lowest BCUT2D eigenvalue weighted by Crippen LogP contribution is -2.51. The van der Waals surface area contributed by atoms with Gasteiger partial charge in [-0.1, -0.05) is 18.2 Å². The fraction of sp³-hybridized carbons (Fsp3) is 0.588. The van der Waals surface area contributed by atoms with Gasteiger partial charge in [-0.05, 0) is 6.07 Å². The van der Waals surface area contributed by atoms with E-state index in [-0.39, 0.29) is 11.7 Å². The third-order valence-electron chi connectivity index (χ3n) is 4.54. The number of benzene rings is 1. The Balaban J connectivity index is 1.43. The molecule has 126 valence electrons. The Hall–Kier alpha value is -1.50. The highest BCUT2D eigenvalue weighted by atomic mass is 19.1. The number of amides is 1. The van der Waals surface area contributed by atoms with Crippen molar-refractivity contribution in [1.82, 2.24) is 14.7 Å². The Morgan fingerprint density at radius 3 is 2.35 bits per heavy atom. The lowest BCUT2D eigenvalue weighted by molar-refractivity contribution is -0.136. The van der Waals surface area contributed by atoms with Crippen LogP contribution in [-0.2, 0) is 16.1 Å². The first-order valence-corrected chi connectivity index (χ1v) is 8.26. The Morgan fingerprint density at radius 2 is 1.65 bits per heavy atom. The summed E-state index contributed by atoms with van der Waals surface area (Å²) >= 11 is 0. The molecule has 6 heteroatoms. The van der Waals surface area contributed by atoms with Crippen LogP contribution in [0.15, 0.2) is 24.3 Å². The summed E-state index contributed by atoms with van der Waals surface area (Å²) in [7, 11) is 0. The van der Waals surface area contributed by atoms with E-state index in [1.807, 2.05) is 17.0 Å². The second-order valence-electron chi connectivity index (χ2n) is 6.14. The van der Waals surface area contributed by atoms with E-state index in [4.69, 9.17) is 4.74 Å². The molecular weight excluding hydrogens is 297 g/mol. The van der Waals surface area contributed by atoms with Crippen LogP contribution >= 0.6 is 0 Å². The monoisotopic (exact) mass is 321 g/mol. The molecule has 2 fully saturated rings. The molecule has 2 heterocycles. The van der Waals surface area contributed by atoms with Gasteiger partial charge in [0.05, 0.1) is 19.8 Å². The number of piperazine rings is 1. The zero-order valence-electron chi connectivity index (χ0n) is 13.4. The van der Waals surface area contributed by atoms with Gasteiger partial charge >= 0.3 is 0 Å². The number of carbonyl (C=O) groups excluding carboxylic acids is 1. The summed E-state index contributed by atoms with van der Waals surface area (Å²) in [4.78, 5) is 18.6. The van der Waals surface area contributed by atoms with Crippen LogP contribution in [0, 0.1) is 5.82 Å². The van der Waals surface area contributed by atoms with Crippen LogP contribution < -0.4 is 0 Å². The molecule has 0 aromatic heterocycles. The van der Waals surface area contributed by atoms with Crippen molar-refractivity contribution >= 4 is 5.91 Å². The van der Waals surface area contributed by atoms with E-state index in [2.05, 4.69) is 9.80 Å². The van der Waals surface area contributed by atoms with Crippen LogP contribution in [-0.4, -0.2) is 79.6 Å². The van der Waals surface area contributed by atoms with E-state index in [9.17, 15) is 9.18 Å². The first-order valence-electron chi connectivity index (χ1n) is 8.26. The van der Waals surface area contributed by atoms with Crippen molar-refractivity contribution in [3.63, 3.8) is 0 Å². The van der Waals surface area contributed by atoms with Crippen molar-refractivity contribution < 1.29 is 13.9 Å². The first kappa shape index (κ1) is 16.4. The summed E-state index contributed by atoms with van der Waals surface area (Å²) in [6.07, 6.45) is 0. The summed E-state index contributed by atoms with van der Waals surface area (Å²) in [5.41, 5.74) is 0.741. The number of nitrogens with zero attached hydrogens (tertiary/aromatic N) is 3. The molecule has 3 rings (SSSR count). The molecule has 0 unspecified atom stereocenters. The largest absolute Gasteiger partial charge is 0.378 e. The minimum Gasteiger partial charge on any atom is -0.378 e. The highest BCUT2D eigenvalue weighted by Gasteiger charge is 2.23. The standard InChI is InChI=1S/C17H24FN3O2/c18-16-4-2-1-3-15(16)13-19-5-7-20(8-6-19)14-17(22)21-9-11-23-12-10-21/h1-4H,5-14H2.